The number of hydrogen-bond donors (Lipinski definition) is 1. The first kappa shape index (κ1) is 21.2. The van der Waals surface area contributed by atoms with Crippen molar-refractivity contribution in [1.29, 1.82) is 0 Å². The van der Waals surface area contributed by atoms with Gasteiger partial charge >= 0.3 is 0 Å². The first-order valence-corrected chi connectivity index (χ1v) is 9.74. The van der Waals surface area contributed by atoms with Crippen molar-refractivity contribution in [2.45, 2.75) is 6.54 Å². The molecule has 3 rings (SSSR count). The molecule has 0 saturated heterocycles. The molecule has 6 nitrogen and oxygen atoms in total. The van der Waals surface area contributed by atoms with E-state index in [1.165, 1.54) is 16.8 Å². The fourth-order valence-electron chi connectivity index (χ4n) is 2.47. The van der Waals surface area contributed by atoms with Gasteiger partial charge < -0.3 is 10.1 Å². The smallest absolute Gasteiger partial charge is 0.266 e. The summed E-state index contributed by atoms with van der Waals surface area (Å²) < 4.78 is 6.66. The Labute approximate surface area is 182 Å². The lowest BCUT2D eigenvalue weighted by atomic mass is 10.1. The molecule has 1 aromatic heterocycles. The highest BCUT2D eigenvalue weighted by Crippen LogP contribution is 2.27. The molecule has 0 radical (unpaired) electrons. The van der Waals surface area contributed by atoms with Gasteiger partial charge in [-0.2, -0.15) is 5.10 Å². The Hall–Kier alpha value is -2.54. The number of rotatable bonds is 7. The topological polar surface area (TPSA) is 73.2 Å². The number of benzene rings is 2. The highest BCUT2D eigenvalue weighted by Gasteiger charge is 2.08. The summed E-state index contributed by atoms with van der Waals surface area (Å²) in [6, 6.07) is 15.0. The molecule has 0 unspecified atom stereocenters. The average Bonchev–Trinajstić information content (AvgIpc) is 2.71. The minimum atomic E-state index is -0.358. The molecule has 9 heteroatoms. The van der Waals surface area contributed by atoms with Gasteiger partial charge in [0.05, 0.1) is 17.3 Å². The van der Waals surface area contributed by atoms with Crippen LogP contribution in [0.2, 0.25) is 15.1 Å². The minimum absolute atomic E-state index is 0.211. The monoisotopic (exact) mass is 451 g/mol. The van der Waals surface area contributed by atoms with Gasteiger partial charge in [0, 0.05) is 34.3 Å². The maximum Gasteiger partial charge on any atom is 0.266 e. The molecule has 0 atom stereocenters. The number of carbonyl (C=O) groups excluding carboxylic acids is 1. The van der Waals surface area contributed by atoms with E-state index in [1.54, 1.807) is 30.3 Å². The van der Waals surface area contributed by atoms with Crippen LogP contribution in [0.4, 0.5) is 0 Å². The van der Waals surface area contributed by atoms with Gasteiger partial charge in [0.2, 0.25) is 0 Å². The standard InChI is InChI=1S/C20H16Cl3N3O3/c21-14-3-1-13(2-4-14)17-7-8-20(28)26(25-17)10-9-24-19(27)12-29-18-11-15(22)5-6-16(18)23/h1-8,11H,9-10,12H2,(H,24,27). The van der Waals surface area contributed by atoms with E-state index < -0.39 is 0 Å². The van der Waals surface area contributed by atoms with E-state index in [0.29, 0.717) is 26.5 Å². The summed E-state index contributed by atoms with van der Waals surface area (Å²) >= 11 is 17.8. The Balaban J connectivity index is 1.55. The van der Waals surface area contributed by atoms with Crippen molar-refractivity contribution in [1.82, 2.24) is 15.1 Å². The van der Waals surface area contributed by atoms with Crippen LogP contribution in [0, 0.1) is 0 Å². The van der Waals surface area contributed by atoms with Gasteiger partial charge in [-0.25, -0.2) is 4.68 Å². The highest BCUT2D eigenvalue weighted by atomic mass is 35.5. The van der Waals surface area contributed by atoms with Crippen LogP contribution in [0.5, 0.6) is 5.75 Å². The van der Waals surface area contributed by atoms with Crippen molar-refractivity contribution in [3.8, 4) is 17.0 Å². The molecule has 0 bridgehead atoms. The summed E-state index contributed by atoms with van der Waals surface area (Å²) in [6.45, 7) is 0.194. The number of aromatic nitrogens is 2. The van der Waals surface area contributed by atoms with Crippen LogP contribution in [-0.2, 0) is 11.3 Å². The quantitative estimate of drug-likeness (QED) is 0.586. The van der Waals surface area contributed by atoms with Crippen molar-refractivity contribution < 1.29 is 9.53 Å². The Morgan fingerprint density at radius 1 is 1.00 bits per heavy atom. The van der Waals surface area contributed by atoms with Crippen LogP contribution in [0.3, 0.4) is 0 Å². The van der Waals surface area contributed by atoms with Crippen molar-refractivity contribution in [2.75, 3.05) is 13.2 Å². The SMILES string of the molecule is O=C(COc1cc(Cl)ccc1Cl)NCCn1nc(-c2ccc(Cl)cc2)ccc1=O. The summed E-state index contributed by atoms with van der Waals surface area (Å²) in [5.41, 5.74) is 1.20. The van der Waals surface area contributed by atoms with E-state index in [1.807, 2.05) is 12.1 Å². The van der Waals surface area contributed by atoms with Gasteiger partial charge in [0.15, 0.2) is 6.61 Å². The zero-order valence-corrected chi connectivity index (χ0v) is 17.3. The number of amides is 1. The van der Waals surface area contributed by atoms with E-state index in [4.69, 9.17) is 39.5 Å². The third-order valence-corrected chi connectivity index (χ3v) is 4.70. The van der Waals surface area contributed by atoms with Gasteiger partial charge in [-0.1, -0.05) is 46.9 Å². The van der Waals surface area contributed by atoms with Crippen molar-refractivity contribution in [2.24, 2.45) is 0 Å². The maximum atomic E-state index is 12.0. The van der Waals surface area contributed by atoms with E-state index in [9.17, 15) is 9.59 Å². The molecule has 0 spiro atoms. The normalized spacial score (nSPS) is 10.6. The predicted octanol–water partition coefficient (Wildman–Crippen LogP) is 4.07. The second-order valence-electron chi connectivity index (χ2n) is 6.00. The number of hydrogen-bond acceptors (Lipinski definition) is 4. The first-order chi connectivity index (χ1) is 13.9. The van der Waals surface area contributed by atoms with Gasteiger partial charge in [0.1, 0.15) is 5.75 Å². The molecule has 0 aliphatic heterocycles. The lowest BCUT2D eigenvalue weighted by Gasteiger charge is -2.10. The van der Waals surface area contributed by atoms with E-state index >= 15 is 0 Å². The molecule has 1 N–H and O–H groups in total. The summed E-state index contributed by atoms with van der Waals surface area (Å²) in [7, 11) is 0. The minimum Gasteiger partial charge on any atom is -0.482 e. The number of ether oxygens (including phenoxy) is 1. The number of carbonyl (C=O) groups is 1. The highest BCUT2D eigenvalue weighted by molar-refractivity contribution is 6.34. The van der Waals surface area contributed by atoms with Crippen LogP contribution >= 0.6 is 34.8 Å². The summed E-state index contributed by atoms with van der Waals surface area (Å²) in [5, 5.41) is 8.43. The molecule has 1 amide bonds. The number of halogens is 3. The zero-order chi connectivity index (χ0) is 20.8. The average molecular weight is 453 g/mol. The number of nitrogens with zero attached hydrogens (tertiary/aromatic N) is 2. The molecule has 2 aromatic carbocycles. The van der Waals surface area contributed by atoms with Crippen LogP contribution in [0.25, 0.3) is 11.3 Å². The fourth-order valence-corrected chi connectivity index (χ4v) is 2.93. The largest absolute Gasteiger partial charge is 0.482 e. The Morgan fingerprint density at radius 2 is 1.72 bits per heavy atom. The zero-order valence-electron chi connectivity index (χ0n) is 15.1. The second kappa shape index (κ2) is 9.78. The van der Waals surface area contributed by atoms with Gasteiger partial charge in [-0.05, 0) is 30.3 Å². The van der Waals surface area contributed by atoms with E-state index in [0.717, 1.165) is 5.56 Å². The van der Waals surface area contributed by atoms with Crippen LogP contribution in [-0.4, -0.2) is 28.8 Å². The Morgan fingerprint density at radius 3 is 2.48 bits per heavy atom. The summed E-state index contributed by atoms with van der Waals surface area (Å²) in [6.07, 6.45) is 0. The molecule has 0 aliphatic carbocycles. The second-order valence-corrected chi connectivity index (χ2v) is 7.28. The molecule has 29 heavy (non-hydrogen) atoms. The van der Waals surface area contributed by atoms with Crippen molar-refractivity contribution in [3.05, 3.63) is 80.0 Å². The molecular formula is C20H16Cl3N3O3. The summed E-state index contributed by atoms with van der Waals surface area (Å²) in [5.74, 6) is -0.0363. The fraction of sp³-hybridized carbons (Fsp3) is 0.150. The van der Waals surface area contributed by atoms with Crippen molar-refractivity contribution in [3.63, 3.8) is 0 Å². The third-order valence-electron chi connectivity index (χ3n) is 3.90. The Kier molecular flexibility index (Phi) is 7.14. The molecule has 0 saturated carbocycles. The van der Waals surface area contributed by atoms with Crippen LogP contribution in [0.1, 0.15) is 0 Å². The van der Waals surface area contributed by atoms with E-state index in [2.05, 4.69) is 10.4 Å². The molecular weight excluding hydrogens is 437 g/mol. The summed E-state index contributed by atoms with van der Waals surface area (Å²) in [4.78, 5) is 24.0. The maximum absolute atomic E-state index is 12.0. The van der Waals surface area contributed by atoms with Gasteiger partial charge in [0.25, 0.3) is 11.5 Å². The van der Waals surface area contributed by atoms with Crippen molar-refractivity contribution >= 4 is 40.7 Å². The number of nitrogens with one attached hydrogen (secondary N) is 1. The lowest BCUT2D eigenvalue weighted by Crippen LogP contribution is -2.34. The predicted molar refractivity (Wildman–Crippen MR) is 114 cm³/mol. The Bertz CT molecular complexity index is 1070. The van der Waals surface area contributed by atoms with E-state index in [-0.39, 0.29) is 31.2 Å². The third kappa shape index (κ3) is 5.97. The molecule has 0 aliphatic rings. The van der Waals surface area contributed by atoms with Gasteiger partial charge in [-0.15, -0.1) is 0 Å². The van der Waals surface area contributed by atoms with Crippen LogP contribution in [0.15, 0.2) is 59.4 Å². The molecule has 1 heterocycles. The molecule has 150 valence electrons. The molecule has 3 aromatic rings. The van der Waals surface area contributed by atoms with Crippen LogP contribution < -0.4 is 15.6 Å². The van der Waals surface area contributed by atoms with Gasteiger partial charge in [-0.3, -0.25) is 9.59 Å². The molecule has 0 fully saturated rings. The lowest BCUT2D eigenvalue weighted by molar-refractivity contribution is -0.123. The first-order valence-electron chi connectivity index (χ1n) is 8.61.